The topological polar surface area (TPSA) is 87.7 Å². The summed E-state index contributed by atoms with van der Waals surface area (Å²) in [5, 5.41) is 5.99. The van der Waals surface area contributed by atoms with Gasteiger partial charge in [-0.2, -0.15) is 0 Å². The van der Waals surface area contributed by atoms with Gasteiger partial charge in [0.25, 0.3) is 17.7 Å². The van der Waals surface area contributed by atoms with Crippen LogP contribution in [-0.4, -0.2) is 30.9 Å². The molecule has 0 spiro atoms. The van der Waals surface area contributed by atoms with Crippen LogP contribution in [0.5, 0.6) is 5.75 Å². The van der Waals surface area contributed by atoms with E-state index in [0.717, 1.165) is 30.6 Å². The lowest BCUT2D eigenvalue weighted by atomic mass is 10.1. The van der Waals surface area contributed by atoms with Crippen LogP contribution < -0.4 is 20.3 Å². The summed E-state index contributed by atoms with van der Waals surface area (Å²) >= 11 is 12.3. The Bertz CT molecular complexity index is 1130. The summed E-state index contributed by atoms with van der Waals surface area (Å²) in [5.41, 5.74) is 1.00. The molecular formula is C23H21Cl2N3O4. The Balaban J connectivity index is 1.56. The summed E-state index contributed by atoms with van der Waals surface area (Å²) in [6.07, 6.45) is 4.18. The number of carbonyl (C=O) groups excluding carboxylic acids is 3. The number of ether oxygens (including phenoxy) is 1. The number of methoxy groups -OCH3 is 1. The number of benzene rings is 2. The largest absolute Gasteiger partial charge is 0.495 e. The van der Waals surface area contributed by atoms with E-state index in [1.54, 1.807) is 36.4 Å². The Morgan fingerprint density at radius 1 is 1.06 bits per heavy atom. The van der Waals surface area contributed by atoms with E-state index >= 15 is 0 Å². The van der Waals surface area contributed by atoms with Crippen LogP contribution in [-0.2, 0) is 9.59 Å². The number of nitrogens with one attached hydrogen (secondary N) is 2. The molecule has 1 heterocycles. The van der Waals surface area contributed by atoms with Crippen LogP contribution in [0.1, 0.15) is 36.0 Å². The van der Waals surface area contributed by atoms with Gasteiger partial charge in [-0.1, -0.05) is 42.1 Å². The minimum absolute atomic E-state index is 0.0907. The van der Waals surface area contributed by atoms with Crippen LogP contribution in [0.2, 0.25) is 5.02 Å². The number of halogens is 2. The molecule has 4 rings (SSSR count). The number of anilines is 2. The summed E-state index contributed by atoms with van der Waals surface area (Å²) in [7, 11) is 1.42. The molecular weight excluding hydrogens is 453 g/mol. The highest BCUT2D eigenvalue weighted by molar-refractivity contribution is 6.53. The van der Waals surface area contributed by atoms with Crippen LogP contribution in [0.4, 0.5) is 11.4 Å². The third-order valence-corrected chi connectivity index (χ3v) is 6.08. The van der Waals surface area contributed by atoms with Crippen molar-refractivity contribution in [3.05, 3.63) is 63.8 Å². The van der Waals surface area contributed by atoms with Gasteiger partial charge in [0.2, 0.25) is 0 Å². The van der Waals surface area contributed by atoms with Crippen molar-refractivity contribution >= 4 is 52.3 Å². The minimum atomic E-state index is -0.699. The molecule has 32 heavy (non-hydrogen) atoms. The highest BCUT2D eigenvalue weighted by Gasteiger charge is 2.40. The molecule has 9 heteroatoms. The number of nitrogens with zero attached hydrogens (tertiary/aromatic N) is 1. The predicted molar refractivity (Wildman–Crippen MR) is 123 cm³/mol. The summed E-state index contributed by atoms with van der Waals surface area (Å²) in [6.45, 7) is 0. The Morgan fingerprint density at radius 3 is 2.53 bits per heavy atom. The Labute approximate surface area is 195 Å². The molecule has 2 N–H and O–H groups in total. The lowest BCUT2D eigenvalue weighted by Gasteiger charge is -2.18. The van der Waals surface area contributed by atoms with E-state index in [1.165, 1.54) is 13.2 Å². The van der Waals surface area contributed by atoms with Crippen molar-refractivity contribution in [3.63, 3.8) is 0 Å². The number of hydrogen-bond acceptors (Lipinski definition) is 5. The van der Waals surface area contributed by atoms with E-state index in [4.69, 9.17) is 27.9 Å². The second kappa shape index (κ2) is 9.22. The van der Waals surface area contributed by atoms with Gasteiger partial charge in [0.15, 0.2) is 0 Å². The third-order valence-electron chi connectivity index (χ3n) is 5.49. The number of carbonyl (C=O) groups is 3. The van der Waals surface area contributed by atoms with Crippen molar-refractivity contribution < 1.29 is 19.1 Å². The molecule has 0 aromatic heterocycles. The predicted octanol–water partition coefficient (Wildman–Crippen LogP) is 4.46. The SMILES string of the molecule is COc1ccc(Cl)cc1N1C(=O)C(Cl)=C(Nc2cccc(C(=O)NC3CCCC3)c2)C1=O. The number of imide groups is 1. The van der Waals surface area contributed by atoms with Gasteiger partial charge in [0.1, 0.15) is 16.5 Å². The normalized spacial score (nSPS) is 16.7. The highest BCUT2D eigenvalue weighted by Crippen LogP contribution is 2.37. The first-order valence-electron chi connectivity index (χ1n) is 10.2. The van der Waals surface area contributed by atoms with E-state index < -0.39 is 11.8 Å². The maximum atomic E-state index is 13.1. The van der Waals surface area contributed by atoms with Gasteiger partial charge in [-0.25, -0.2) is 4.90 Å². The first-order valence-corrected chi connectivity index (χ1v) is 10.9. The molecule has 0 saturated heterocycles. The highest BCUT2D eigenvalue weighted by atomic mass is 35.5. The molecule has 2 aromatic rings. The Hall–Kier alpha value is -3.03. The van der Waals surface area contributed by atoms with Crippen LogP contribution >= 0.6 is 23.2 Å². The zero-order chi connectivity index (χ0) is 22.8. The van der Waals surface area contributed by atoms with E-state index in [1.807, 2.05) is 0 Å². The molecule has 2 aromatic carbocycles. The maximum absolute atomic E-state index is 13.1. The van der Waals surface area contributed by atoms with Gasteiger partial charge < -0.3 is 15.4 Å². The summed E-state index contributed by atoms with van der Waals surface area (Å²) < 4.78 is 5.26. The van der Waals surface area contributed by atoms with E-state index in [9.17, 15) is 14.4 Å². The fourth-order valence-electron chi connectivity index (χ4n) is 3.89. The van der Waals surface area contributed by atoms with Crippen LogP contribution in [0, 0.1) is 0 Å². The molecule has 1 aliphatic heterocycles. The molecule has 0 bridgehead atoms. The monoisotopic (exact) mass is 473 g/mol. The van der Waals surface area contributed by atoms with Gasteiger partial charge in [0.05, 0.1) is 12.8 Å². The molecule has 0 atom stereocenters. The van der Waals surface area contributed by atoms with Gasteiger partial charge in [-0.15, -0.1) is 0 Å². The van der Waals surface area contributed by atoms with E-state index in [2.05, 4.69) is 10.6 Å². The van der Waals surface area contributed by atoms with E-state index in [-0.39, 0.29) is 28.4 Å². The summed E-state index contributed by atoms with van der Waals surface area (Å²) in [6, 6.07) is 11.5. The Morgan fingerprint density at radius 2 is 1.81 bits per heavy atom. The minimum Gasteiger partial charge on any atom is -0.495 e. The van der Waals surface area contributed by atoms with Crippen molar-refractivity contribution in [2.45, 2.75) is 31.7 Å². The number of amides is 3. The molecule has 0 unspecified atom stereocenters. The Kier molecular flexibility index (Phi) is 6.39. The van der Waals surface area contributed by atoms with Crippen molar-refractivity contribution in [1.29, 1.82) is 0 Å². The maximum Gasteiger partial charge on any atom is 0.283 e. The van der Waals surface area contributed by atoms with Crippen molar-refractivity contribution in [2.24, 2.45) is 0 Å². The fraction of sp³-hybridized carbons (Fsp3) is 0.261. The van der Waals surface area contributed by atoms with Crippen LogP contribution in [0.25, 0.3) is 0 Å². The second-order valence-electron chi connectivity index (χ2n) is 7.61. The smallest absolute Gasteiger partial charge is 0.283 e. The standard InChI is InChI=1S/C23H21Cl2N3O4/c1-32-18-10-9-14(24)12-17(18)28-22(30)19(25)20(23(28)31)26-16-8-4-5-13(11-16)21(29)27-15-6-2-3-7-15/h4-5,8-12,15,26H,2-3,6-7H2,1H3,(H,27,29). The van der Waals surface area contributed by atoms with Crippen LogP contribution in [0.3, 0.4) is 0 Å². The van der Waals surface area contributed by atoms with E-state index in [0.29, 0.717) is 22.0 Å². The van der Waals surface area contributed by atoms with Crippen molar-refractivity contribution in [2.75, 3.05) is 17.3 Å². The lowest BCUT2D eigenvalue weighted by molar-refractivity contribution is -0.120. The van der Waals surface area contributed by atoms with Crippen LogP contribution in [0.15, 0.2) is 53.2 Å². The third kappa shape index (κ3) is 4.31. The van der Waals surface area contributed by atoms with Gasteiger partial charge in [-0.05, 0) is 49.2 Å². The van der Waals surface area contributed by atoms with Crippen molar-refractivity contribution in [3.8, 4) is 5.75 Å². The number of rotatable bonds is 6. The molecule has 2 aliphatic rings. The summed E-state index contributed by atoms with van der Waals surface area (Å²) in [4.78, 5) is 39.3. The molecule has 1 fully saturated rings. The zero-order valence-corrected chi connectivity index (χ0v) is 18.8. The summed E-state index contributed by atoms with van der Waals surface area (Å²) in [5.74, 6) is -1.23. The average molecular weight is 474 g/mol. The van der Waals surface area contributed by atoms with Crippen molar-refractivity contribution in [1.82, 2.24) is 5.32 Å². The molecule has 1 saturated carbocycles. The first-order chi connectivity index (χ1) is 15.4. The molecule has 1 aliphatic carbocycles. The first kappa shape index (κ1) is 22.2. The van der Waals surface area contributed by atoms with Gasteiger partial charge >= 0.3 is 0 Å². The second-order valence-corrected chi connectivity index (χ2v) is 8.43. The zero-order valence-electron chi connectivity index (χ0n) is 17.3. The molecule has 166 valence electrons. The molecule has 3 amide bonds. The number of hydrogen-bond donors (Lipinski definition) is 2. The van der Waals surface area contributed by atoms with Gasteiger partial charge in [0, 0.05) is 22.3 Å². The average Bonchev–Trinajstić information content (AvgIpc) is 3.36. The quantitative estimate of drug-likeness (QED) is 0.604. The van der Waals surface area contributed by atoms with Gasteiger partial charge in [-0.3, -0.25) is 14.4 Å². The lowest BCUT2D eigenvalue weighted by Crippen LogP contribution is -2.33. The molecule has 0 radical (unpaired) electrons. The fourth-order valence-corrected chi connectivity index (χ4v) is 4.27. The molecule has 7 nitrogen and oxygen atoms in total.